The molecule has 2 nitrogen and oxygen atoms in total. The molecule has 0 atom stereocenters. The minimum absolute atomic E-state index is 0.0193. The Labute approximate surface area is 96.0 Å². The van der Waals surface area contributed by atoms with Crippen molar-refractivity contribution in [3.63, 3.8) is 0 Å². The number of halogens is 3. The molecule has 0 bridgehead atoms. The van der Waals surface area contributed by atoms with Gasteiger partial charge >= 0.3 is 0 Å². The van der Waals surface area contributed by atoms with Gasteiger partial charge in [-0.2, -0.15) is 0 Å². The van der Waals surface area contributed by atoms with Crippen LogP contribution in [-0.2, 0) is 0 Å². The van der Waals surface area contributed by atoms with Gasteiger partial charge in [0.25, 0.3) is 0 Å². The first-order valence-corrected chi connectivity index (χ1v) is 5.00. The molecule has 0 saturated carbocycles. The normalized spacial score (nSPS) is 9.00. The molecule has 0 fully saturated rings. The minimum Gasteiger partial charge on any atom is -0.505 e. The van der Waals surface area contributed by atoms with Gasteiger partial charge in [0, 0.05) is 0 Å². The molecular formula is C8H10BrCl2NO. The molecule has 1 aromatic carbocycles. The molecule has 2 N–H and O–H groups in total. The second kappa shape index (κ2) is 6.49. The van der Waals surface area contributed by atoms with Crippen LogP contribution >= 0.6 is 39.1 Å². The lowest BCUT2D eigenvalue weighted by molar-refractivity contribution is 0.472. The Kier molecular flexibility index (Phi) is 6.51. The summed E-state index contributed by atoms with van der Waals surface area (Å²) in [6.07, 6.45) is 0. The van der Waals surface area contributed by atoms with Crippen LogP contribution in [0, 0.1) is 0 Å². The average molecular weight is 287 g/mol. The van der Waals surface area contributed by atoms with E-state index in [4.69, 9.17) is 28.3 Å². The molecule has 0 aliphatic heterocycles. The third-order valence-electron chi connectivity index (χ3n) is 1.02. The molecule has 1 rings (SSSR count). The van der Waals surface area contributed by atoms with Gasteiger partial charge in [-0.25, -0.2) is 0 Å². The monoisotopic (exact) mass is 285 g/mol. The zero-order chi connectivity index (χ0) is 10.4. The molecule has 0 heterocycles. The molecule has 5 heteroatoms. The average Bonchev–Trinajstić information content (AvgIpc) is 2.10. The lowest BCUT2D eigenvalue weighted by atomic mass is 10.3. The van der Waals surface area contributed by atoms with Crippen molar-refractivity contribution < 1.29 is 5.11 Å². The lowest BCUT2D eigenvalue weighted by Gasteiger charge is -1.99. The number of phenols is 1. The third kappa shape index (κ3) is 4.18. The Morgan fingerprint density at radius 3 is 2.00 bits per heavy atom. The molecule has 0 aliphatic rings. The van der Waals surface area contributed by atoms with Crippen LogP contribution in [0.3, 0.4) is 0 Å². The fourth-order valence-corrected chi connectivity index (χ4v) is 1.29. The van der Waals surface area contributed by atoms with E-state index >= 15 is 0 Å². The van der Waals surface area contributed by atoms with Crippen molar-refractivity contribution in [2.75, 3.05) is 14.1 Å². The second-order valence-electron chi connectivity index (χ2n) is 2.19. The van der Waals surface area contributed by atoms with Crippen LogP contribution in [-0.4, -0.2) is 19.2 Å². The van der Waals surface area contributed by atoms with Crippen molar-refractivity contribution in [2.24, 2.45) is 0 Å². The molecule has 0 aromatic heterocycles. The van der Waals surface area contributed by atoms with Gasteiger partial charge < -0.3 is 10.4 Å². The molecule has 0 amide bonds. The maximum absolute atomic E-state index is 9.12. The summed E-state index contributed by atoms with van der Waals surface area (Å²) in [4.78, 5) is 0. The molecule has 0 radical (unpaired) electrons. The summed E-state index contributed by atoms with van der Waals surface area (Å²) < 4.78 is 0.432. The summed E-state index contributed by atoms with van der Waals surface area (Å²) in [6.45, 7) is 0. The van der Waals surface area contributed by atoms with Crippen molar-refractivity contribution in [1.82, 2.24) is 5.32 Å². The van der Waals surface area contributed by atoms with E-state index in [1.54, 1.807) is 6.07 Å². The van der Waals surface area contributed by atoms with Gasteiger partial charge in [-0.05, 0) is 42.2 Å². The SMILES string of the molecule is CNC.Oc1c(Cl)ccc(Cl)c1Br. The number of nitrogens with one attached hydrogen (secondary N) is 1. The van der Waals surface area contributed by atoms with Crippen molar-refractivity contribution in [2.45, 2.75) is 0 Å². The molecule has 13 heavy (non-hydrogen) atoms. The fourth-order valence-electron chi connectivity index (χ4n) is 0.516. The highest BCUT2D eigenvalue weighted by atomic mass is 79.9. The van der Waals surface area contributed by atoms with Crippen molar-refractivity contribution >= 4 is 39.1 Å². The van der Waals surface area contributed by atoms with E-state index in [2.05, 4.69) is 21.2 Å². The van der Waals surface area contributed by atoms with E-state index in [1.807, 2.05) is 14.1 Å². The molecule has 1 aromatic rings. The number of hydrogen-bond acceptors (Lipinski definition) is 2. The van der Waals surface area contributed by atoms with Gasteiger partial charge in [0.2, 0.25) is 0 Å². The maximum Gasteiger partial charge on any atom is 0.149 e. The Bertz CT molecular complexity index is 254. The number of benzene rings is 1. The largest absolute Gasteiger partial charge is 0.505 e. The highest BCUT2D eigenvalue weighted by Gasteiger charge is 2.05. The zero-order valence-electron chi connectivity index (χ0n) is 7.24. The van der Waals surface area contributed by atoms with Crippen LogP contribution in [0.15, 0.2) is 16.6 Å². The van der Waals surface area contributed by atoms with Crippen LogP contribution in [0.5, 0.6) is 5.75 Å². The summed E-state index contributed by atoms with van der Waals surface area (Å²) in [5.41, 5.74) is 0. The van der Waals surface area contributed by atoms with E-state index in [1.165, 1.54) is 6.07 Å². The number of hydrogen-bond donors (Lipinski definition) is 2. The highest BCUT2D eigenvalue weighted by Crippen LogP contribution is 2.36. The number of phenolic OH excluding ortho intramolecular Hbond substituents is 1. The first kappa shape index (κ1) is 13.0. The molecule has 74 valence electrons. The third-order valence-corrected chi connectivity index (χ3v) is 2.67. The van der Waals surface area contributed by atoms with Crippen LogP contribution in [0.4, 0.5) is 0 Å². The van der Waals surface area contributed by atoms with E-state index in [0.29, 0.717) is 9.50 Å². The number of rotatable bonds is 0. The summed E-state index contributed by atoms with van der Waals surface area (Å²) in [7, 11) is 3.75. The molecule has 0 saturated heterocycles. The molecule has 0 unspecified atom stereocenters. The van der Waals surface area contributed by atoms with Crippen molar-refractivity contribution in [1.29, 1.82) is 0 Å². The second-order valence-corrected chi connectivity index (χ2v) is 3.80. The van der Waals surface area contributed by atoms with E-state index in [-0.39, 0.29) is 10.8 Å². The van der Waals surface area contributed by atoms with Gasteiger partial charge in [-0.1, -0.05) is 23.2 Å². The van der Waals surface area contributed by atoms with E-state index in [0.717, 1.165) is 0 Å². The summed E-state index contributed by atoms with van der Waals surface area (Å²) >= 11 is 14.2. The summed E-state index contributed by atoms with van der Waals surface area (Å²) in [5.74, 6) is -0.0193. The lowest BCUT2D eigenvalue weighted by Crippen LogP contribution is -1.89. The summed E-state index contributed by atoms with van der Waals surface area (Å²) in [6, 6.07) is 3.14. The highest BCUT2D eigenvalue weighted by molar-refractivity contribution is 9.10. The maximum atomic E-state index is 9.12. The Morgan fingerprint density at radius 2 is 1.62 bits per heavy atom. The van der Waals surface area contributed by atoms with Crippen LogP contribution in [0.2, 0.25) is 10.0 Å². The van der Waals surface area contributed by atoms with Gasteiger partial charge in [-0.15, -0.1) is 0 Å². The first-order valence-electron chi connectivity index (χ1n) is 3.45. The van der Waals surface area contributed by atoms with Crippen LogP contribution in [0.1, 0.15) is 0 Å². The van der Waals surface area contributed by atoms with Crippen LogP contribution in [0.25, 0.3) is 0 Å². The predicted octanol–water partition coefficient (Wildman–Crippen LogP) is 3.30. The standard InChI is InChI=1S/C6H3BrCl2O.C2H7N/c7-5-3(8)1-2-4(9)6(5)10;1-3-2/h1-2,10H;3H,1-2H3. The fraction of sp³-hybridized carbons (Fsp3) is 0.250. The topological polar surface area (TPSA) is 32.3 Å². The Morgan fingerprint density at radius 1 is 1.23 bits per heavy atom. The quantitative estimate of drug-likeness (QED) is 0.718. The van der Waals surface area contributed by atoms with E-state index in [9.17, 15) is 0 Å². The number of aromatic hydroxyl groups is 1. The molecule has 0 spiro atoms. The van der Waals surface area contributed by atoms with Gasteiger partial charge in [-0.3, -0.25) is 0 Å². The van der Waals surface area contributed by atoms with Gasteiger partial charge in [0.15, 0.2) is 0 Å². The summed E-state index contributed by atoms with van der Waals surface area (Å²) in [5, 5.41) is 12.6. The van der Waals surface area contributed by atoms with E-state index < -0.39 is 0 Å². The van der Waals surface area contributed by atoms with Crippen LogP contribution < -0.4 is 5.32 Å². The van der Waals surface area contributed by atoms with Gasteiger partial charge in [0.1, 0.15) is 5.75 Å². The minimum atomic E-state index is -0.0193. The molecular weight excluding hydrogens is 277 g/mol. The van der Waals surface area contributed by atoms with Crippen molar-refractivity contribution in [3.05, 3.63) is 26.7 Å². The predicted molar refractivity (Wildman–Crippen MR) is 60.8 cm³/mol. The smallest absolute Gasteiger partial charge is 0.149 e. The molecule has 0 aliphatic carbocycles. The van der Waals surface area contributed by atoms with Gasteiger partial charge in [0.05, 0.1) is 14.5 Å². The first-order chi connectivity index (χ1) is 6.04. The van der Waals surface area contributed by atoms with Crippen molar-refractivity contribution in [3.8, 4) is 5.75 Å². The Hall–Kier alpha value is 0.0400. The zero-order valence-corrected chi connectivity index (χ0v) is 10.3. The Balaban J connectivity index is 0.000000424.